The van der Waals surface area contributed by atoms with Gasteiger partial charge < -0.3 is 14.7 Å². The number of pyridine rings is 1. The van der Waals surface area contributed by atoms with Crippen LogP contribution in [-0.4, -0.2) is 30.1 Å². The summed E-state index contributed by atoms with van der Waals surface area (Å²) in [5.41, 5.74) is 4.40. The standard InChI is InChI=1S/C17H18N2O3/c1-21-15-8-3-5-12(17(15)22-2)11-9-10-18-13-6-4-7-14(19-20)16(11)13/h3,5,8-10,20H,4,6-7H2,1-2H3. The van der Waals surface area contributed by atoms with Crippen LogP contribution in [0.2, 0.25) is 0 Å². The SMILES string of the molecule is COc1cccc(-c2ccnc3c2C(=NO)CCC3)c1OC. The van der Waals surface area contributed by atoms with Crippen molar-refractivity contribution in [3.05, 3.63) is 41.7 Å². The van der Waals surface area contributed by atoms with Crippen molar-refractivity contribution in [3.63, 3.8) is 0 Å². The number of para-hydroxylation sites is 1. The van der Waals surface area contributed by atoms with Crippen LogP contribution in [0.4, 0.5) is 0 Å². The van der Waals surface area contributed by atoms with Crippen LogP contribution in [0.5, 0.6) is 11.5 Å². The van der Waals surface area contributed by atoms with Crippen molar-refractivity contribution in [2.75, 3.05) is 14.2 Å². The maximum atomic E-state index is 9.34. The summed E-state index contributed by atoms with van der Waals surface area (Å²) >= 11 is 0. The van der Waals surface area contributed by atoms with Crippen molar-refractivity contribution in [2.45, 2.75) is 19.3 Å². The van der Waals surface area contributed by atoms with Gasteiger partial charge in [0, 0.05) is 17.3 Å². The third-order valence-electron chi connectivity index (χ3n) is 3.96. The molecular weight excluding hydrogens is 280 g/mol. The molecule has 0 spiro atoms. The van der Waals surface area contributed by atoms with E-state index in [9.17, 15) is 5.21 Å². The number of fused-ring (bicyclic) bond motifs is 1. The predicted octanol–water partition coefficient (Wildman–Crippen LogP) is 3.28. The lowest BCUT2D eigenvalue weighted by atomic mass is 9.87. The smallest absolute Gasteiger partial charge is 0.168 e. The Kier molecular flexibility index (Phi) is 3.96. The number of rotatable bonds is 3. The first-order valence-electron chi connectivity index (χ1n) is 7.20. The van der Waals surface area contributed by atoms with Gasteiger partial charge in [0.1, 0.15) is 0 Å². The van der Waals surface area contributed by atoms with E-state index in [2.05, 4.69) is 10.1 Å². The lowest BCUT2D eigenvalue weighted by Gasteiger charge is -2.21. The summed E-state index contributed by atoms with van der Waals surface area (Å²) in [7, 11) is 3.24. The Labute approximate surface area is 129 Å². The highest BCUT2D eigenvalue weighted by Gasteiger charge is 2.23. The van der Waals surface area contributed by atoms with Gasteiger partial charge in [-0.2, -0.15) is 0 Å². The van der Waals surface area contributed by atoms with Crippen molar-refractivity contribution in [3.8, 4) is 22.6 Å². The molecular formula is C17H18N2O3. The fourth-order valence-corrected chi connectivity index (χ4v) is 2.99. The van der Waals surface area contributed by atoms with Crippen molar-refractivity contribution in [1.29, 1.82) is 0 Å². The monoisotopic (exact) mass is 298 g/mol. The van der Waals surface area contributed by atoms with E-state index < -0.39 is 0 Å². The Hall–Kier alpha value is -2.56. The van der Waals surface area contributed by atoms with Gasteiger partial charge in [-0.1, -0.05) is 17.3 Å². The maximum absolute atomic E-state index is 9.34. The van der Waals surface area contributed by atoms with E-state index in [-0.39, 0.29) is 0 Å². The summed E-state index contributed by atoms with van der Waals surface area (Å²) in [6.45, 7) is 0. The molecule has 3 rings (SSSR count). The molecule has 0 atom stereocenters. The number of aromatic nitrogens is 1. The van der Waals surface area contributed by atoms with E-state index in [1.807, 2.05) is 24.3 Å². The Morgan fingerprint density at radius 3 is 2.68 bits per heavy atom. The topological polar surface area (TPSA) is 63.9 Å². The van der Waals surface area contributed by atoms with Crippen LogP contribution in [0.3, 0.4) is 0 Å². The first-order chi connectivity index (χ1) is 10.8. The molecule has 0 saturated carbocycles. The van der Waals surface area contributed by atoms with Crippen LogP contribution in [0, 0.1) is 0 Å². The van der Waals surface area contributed by atoms with Gasteiger partial charge in [0.15, 0.2) is 11.5 Å². The molecule has 114 valence electrons. The minimum absolute atomic E-state index is 0.668. The van der Waals surface area contributed by atoms with E-state index in [0.29, 0.717) is 17.2 Å². The summed E-state index contributed by atoms with van der Waals surface area (Å²) in [6, 6.07) is 7.67. The van der Waals surface area contributed by atoms with E-state index >= 15 is 0 Å². The zero-order chi connectivity index (χ0) is 15.5. The average molecular weight is 298 g/mol. The Balaban J connectivity index is 2.27. The maximum Gasteiger partial charge on any atom is 0.168 e. The quantitative estimate of drug-likeness (QED) is 0.697. The molecule has 1 aromatic carbocycles. The first kappa shape index (κ1) is 14.4. The molecule has 0 unspecified atom stereocenters. The van der Waals surface area contributed by atoms with Gasteiger partial charge in [0.2, 0.25) is 0 Å². The normalized spacial score (nSPS) is 15.5. The first-order valence-corrected chi connectivity index (χ1v) is 7.20. The van der Waals surface area contributed by atoms with E-state index in [0.717, 1.165) is 41.6 Å². The third-order valence-corrected chi connectivity index (χ3v) is 3.96. The van der Waals surface area contributed by atoms with Gasteiger partial charge in [-0.25, -0.2) is 0 Å². The number of hydrogen-bond donors (Lipinski definition) is 1. The number of oxime groups is 1. The zero-order valence-corrected chi connectivity index (χ0v) is 12.7. The number of ether oxygens (including phenoxy) is 2. The van der Waals surface area contributed by atoms with E-state index in [4.69, 9.17) is 9.47 Å². The summed E-state index contributed by atoms with van der Waals surface area (Å²) in [5.74, 6) is 1.34. The average Bonchev–Trinajstić information content (AvgIpc) is 2.59. The van der Waals surface area contributed by atoms with Crippen LogP contribution >= 0.6 is 0 Å². The predicted molar refractivity (Wildman–Crippen MR) is 84.0 cm³/mol. The highest BCUT2D eigenvalue weighted by molar-refractivity contribution is 6.07. The third kappa shape index (κ3) is 2.28. The lowest BCUT2D eigenvalue weighted by molar-refractivity contribution is 0.317. The second kappa shape index (κ2) is 6.05. The summed E-state index contributed by atoms with van der Waals surface area (Å²) in [4.78, 5) is 4.44. The molecule has 0 fully saturated rings. The molecule has 2 aromatic rings. The van der Waals surface area contributed by atoms with Crippen molar-refractivity contribution < 1.29 is 14.7 Å². The molecule has 0 bridgehead atoms. The fourth-order valence-electron chi connectivity index (χ4n) is 2.99. The fraction of sp³-hybridized carbons (Fsp3) is 0.294. The Bertz CT molecular complexity index is 726. The molecule has 0 aliphatic heterocycles. The zero-order valence-electron chi connectivity index (χ0n) is 12.7. The van der Waals surface area contributed by atoms with Crippen molar-refractivity contribution in [1.82, 2.24) is 4.98 Å². The highest BCUT2D eigenvalue weighted by Crippen LogP contribution is 2.40. The molecule has 0 saturated heterocycles. The molecule has 0 amide bonds. The molecule has 5 nitrogen and oxygen atoms in total. The van der Waals surface area contributed by atoms with Gasteiger partial charge >= 0.3 is 0 Å². The van der Waals surface area contributed by atoms with Gasteiger partial charge in [0.25, 0.3) is 0 Å². The van der Waals surface area contributed by atoms with Crippen LogP contribution in [0.25, 0.3) is 11.1 Å². The molecule has 22 heavy (non-hydrogen) atoms. The van der Waals surface area contributed by atoms with Crippen molar-refractivity contribution in [2.24, 2.45) is 5.16 Å². The number of aryl methyl sites for hydroxylation is 1. The van der Waals surface area contributed by atoms with Crippen LogP contribution in [0.1, 0.15) is 24.1 Å². The molecule has 1 aliphatic carbocycles. The van der Waals surface area contributed by atoms with Crippen LogP contribution < -0.4 is 9.47 Å². The summed E-state index contributed by atoms with van der Waals surface area (Å²) in [6.07, 6.45) is 4.36. The molecule has 1 N–H and O–H groups in total. The molecule has 5 heteroatoms. The van der Waals surface area contributed by atoms with Crippen molar-refractivity contribution >= 4 is 5.71 Å². The summed E-state index contributed by atoms with van der Waals surface area (Å²) < 4.78 is 10.9. The largest absolute Gasteiger partial charge is 0.493 e. The second-order valence-electron chi connectivity index (χ2n) is 5.12. The lowest BCUT2D eigenvalue weighted by Crippen LogP contribution is -2.15. The van der Waals surface area contributed by atoms with E-state index in [1.54, 1.807) is 20.4 Å². The number of benzene rings is 1. The molecule has 1 aliphatic rings. The molecule has 0 radical (unpaired) electrons. The Morgan fingerprint density at radius 1 is 1.09 bits per heavy atom. The van der Waals surface area contributed by atoms with Gasteiger partial charge in [-0.3, -0.25) is 4.98 Å². The van der Waals surface area contributed by atoms with Gasteiger partial charge in [0.05, 0.1) is 25.6 Å². The van der Waals surface area contributed by atoms with Gasteiger partial charge in [-0.15, -0.1) is 0 Å². The highest BCUT2D eigenvalue weighted by atomic mass is 16.5. The second-order valence-corrected chi connectivity index (χ2v) is 5.12. The minimum Gasteiger partial charge on any atom is -0.493 e. The van der Waals surface area contributed by atoms with Crippen LogP contribution in [0.15, 0.2) is 35.6 Å². The van der Waals surface area contributed by atoms with Gasteiger partial charge in [-0.05, 0) is 37.0 Å². The number of methoxy groups -OCH3 is 2. The van der Waals surface area contributed by atoms with E-state index in [1.165, 1.54) is 0 Å². The minimum atomic E-state index is 0.668. The van der Waals surface area contributed by atoms with Crippen LogP contribution in [-0.2, 0) is 6.42 Å². The molecule has 1 aromatic heterocycles. The number of nitrogens with zero attached hydrogens (tertiary/aromatic N) is 2. The number of hydrogen-bond acceptors (Lipinski definition) is 5. The molecule has 1 heterocycles. The summed E-state index contributed by atoms with van der Waals surface area (Å²) in [5, 5.41) is 12.8. The Morgan fingerprint density at radius 2 is 1.95 bits per heavy atom.